The summed E-state index contributed by atoms with van der Waals surface area (Å²) in [5.41, 5.74) is 3.47. The summed E-state index contributed by atoms with van der Waals surface area (Å²) < 4.78 is 50.9. The van der Waals surface area contributed by atoms with Crippen LogP contribution in [0.1, 0.15) is 48.4 Å². The Morgan fingerprint density at radius 1 is 1.03 bits per heavy atom. The molecule has 0 saturated heterocycles. The van der Waals surface area contributed by atoms with Crippen LogP contribution in [0.2, 0.25) is 0 Å². The summed E-state index contributed by atoms with van der Waals surface area (Å²) in [7, 11) is -0.642. The standard InChI is InChI=1S/C30H35NO7S/c1-6-37-30(32)17-27(23-14-25(35-4)16-26(15-23)36-5)22-12-11-20(2)24(13-22)19-31-18-21(3)38-28-9-7-8-10-29(28)39(31,33)34/h7-16,21,27H,6,17-19H2,1-5H3. The summed E-state index contributed by atoms with van der Waals surface area (Å²) in [6.07, 6.45) is -0.222. The van der Waals surface area contributed by atoms with Crippen molar-refractivity contribution in [3.05, 3.63) is 82.9 Å². The molecule has 0 fully saturated rings. The Balaban J connectivity index is 1.75. The van der Waals surface area contributed by atoms with Gasteiger partial charge in [-0.1, -0.05) is 30.3 Å². The van der Waals surface area contributed by atoms with Crippen LogP contribution in [0.5, 0.6) is 17.2 Å². The summed E-state index contributed by atoms with van der Waals surface area (Å²) in [5, 5.41) is 0. The maximum absolute atomic E-state index is 13.6. The van der Waals surface area contributed by atoms with Crippen LogP contribution in [0, 0.1) is 6.92 Å². The predicted molar refractivity (Wildman–Crippen MR) is 148 cm³/mol. The van der Waals surface area contributed by atoms with E-state index in [1.807, 2.05) is 44.2 Å². The number of benzene rings is 3. The van der Waals surface area contributed by atoms with E-state index in [2.05, 4.69) is 0 Å². The first-order valence-corrected chi connectivity index (χ1v) is 14.3. The van der Waals surface area contributed by atoms with Crippen LogP contribution in [-0.4, -0.2) is 52.2 Å². The number of carbonyl (C=O) groups is 1. The molecular weight excluding hydrogens is 518 g/mol. The first-order chi connectivity index (χ1) is 18.7. The zero-order valence-corrected chi connectivity index (χ0v) is 23.8. The molecule has 0 aromatic heterocycles. The maximum Gasteiger partial charge on any atom is 0.306 e. The minimum atomic E-state index is -3.80. The predicted octanol–water partition coefficient (Wildman–Crippen LogP) is 5.07. The fourth-order valence-electron chi connectivity index (χ4n) is 4.80. The highest BCUT2D eigenvalue weighted by Gasteiger charge is 2.33. The fraction of sp³-hybridized carbons (Fsp3) is 0.367. The highest BCUT2D eigenvalue weighted by atomic mass is 32.2. The van der Waals surface area contributed by atoms with E-state index in [9.17, 15) is 13.2 Å². The van der Waals surface area contributed by atoms with Gasteiger partial charge in [-0.25, -0.2) is 8.42 Å². The van der Waals surface area contributed by atoms with Gasteiger partial charge < -0.3 is 18.9 Å². The number of sulfonamides is 1. The topological polar surface area (TPSA) is 91.4 Å². The summed E-state index contributed by atoms with van der Waals surface area (Å²) >= 11 is 0. The van der Waals surface area contributed by atoms with Crippen molar-refractivity contribution < 1.29 is 32.2 Å². The average Bonchev–Trinajstić information content (AvgIpc) is 3.01. The molecule has 1 aliphatic rings. The molecule has 0 saturated carbocycles. The van der Waals surface area contributed by atoms with Crippen molar-refractivity contribution in [1.82, 2.24) is 4.31 Å². The Kier molecular flexibility index (Phi) is 8.82. The molecule has 0 spiro atoms. The number of para-hydroxylation sites is 1. The quantitative estimate of drug-likeness (QED) is 0.342. The Hall–Kier alpha value is -3.56. The van der Waals surface area contributed by atoms with Crippen LogP contribution in [0.15, 0.2) is 65.6 Å². The molecule has 1 aliphatic heterocycles. The molecular formula is C30H35NO7S. The minimum absolute atomic E-state index is 0.104. The smallest absolute Gasteiger partial charge is 0.306 e. The van der Waals surface area contributed by atoms with Crippen molar-refractivity contribution in [2.24, 2.45) is 0 Å². The van der Waals surface area contributed by atoms with E-state index in [1.54, 1.807) is 51.5 Å². The second kappa shape index (κ2) is 12.1. The maximum atomic E-state index is 13.6. The second-order valence-electron chi connectivity index (χ2n) is 9.57. The fourth-order valence-corrected chi connectivity index (χ4v) is 6.42. The molecule has 39 heavy (non-hydrogen) atoms. The van der Waals surface area contributed by atoms with Crippen LogP contribution in [-0.2, 0) is 26.1 Å². The molecule has 208 valence electrons. The number of nitrogens with zero attached hydrogens (tertiary/aromatic N) is 1. The van der Waals surface area contributed by atoms with E-state index >= 15 is 0 Å². The molecule has 3 aromatic rings. The lowest BCUT2D eigenvalue weighted by Gasteiger charge is -2.24. The van der Waals surface area contributed by atoms with Crippen molar-refractivity contribution in [2.45, 2.75) is 50.7 Å². The molecule has 1 heterocycles. The number of methoxy groups -OCH3 is 2. The lowest BCUT2D eigenvalue weighted by molar-refractivity contribution is -0.143. The number of rotatable bonds is 9. The molecule has 3 aromatic carbocycles. The highest BCUT2D eigenvalue weighted by molar-refractivity contribution is 7.89. The van der Waals surface area contributed by atoms with Gasteiger partial charge in [0.15, 0.2) is 0 Å². The van der Waals surface area contributed by atoms with E-state index in [0.29, 0.717) is 17.2 Å². The number of esters is 1. The van der Waals surface area contributed by atoms with Crippen LogP contribution in [0.3, 0.4) is 0 Å². The Labute approximate surface area is 230 Å². The van der Waals surface area contributed by atoms with Gasteiger partial charge in [0.25, 0.3) is 0 Å². The largest absolute Gasteiger partial charge is 0.497 e. The molecule has 0 radical (unpaired) electrons. The normalized spacial score (nSPS) is 17.3. The zero-order valence-electron chi connectivity index (χ0n) is 23.0. The third-order valence-electron chi connectivity index (χ3n) is 6.83. The van der Waals surface area contributed by atoms with Crippen LogP contribution >= 0.6 is 0 Å². The highest BCUT2D eigenvalue weighted by Crippen LogP contribution is 2.36. The first kappa shape index (κ1) is 28.4. The van der Waals surface area contributed by atoms with Gasteiger partial charge in [0.2, 0.25) is 10.0 Å². The Morgan fingerprint density at radius 2 is 1.72 bits per heavy atom. The molecule has 2 atom stereocenters. The zero-order chi connectivity index (χ0) is 28.2. The third-order valence-corrected chi connectivity index (χ3v) is 8.68. The Bertz CT molecular complexity index is 1410. The van der Waals surface area contributed by atoms with Gasteiger partial charge >= 0.3 is 5.97 Å². The molecule has 0 N–H and O–H groups in total. The summed E-state index contributed by atoms with van der Waals surface area (Å²) in [4.78, 5) is 12.8. The van der Waals surface area contributed by atoms with Gasteiger partial charge in [0.1, 0.15) is 28.2 Å². The van der Waals surface area contributed by atoms with Gasteiger partial charge in [0.05, 0.1) is 33.8 Å². The van der Waals surface area contributed by atoms with Crippen molar-refractivity contribution in [2.75, 3.05) is 27.4 Å². The molecule has 8 nitrogen and oxygen atoms in total. The lowest BCUT2D eigenvalue weighted by atomic mass is 9.86. The number of carbonyl (C=O) groups excluding carboxylic acids is 1. The van der Waals surface area contributed by atoms with Crippen molar-refractivity contribution in [3.63, 3.8) is 0 Å². The number of ether oxygens (including phenoxy) is 4. The van der Waals surface area contributed by atoms with Gasteiger partial charge in [-0.05, 0) is 67.3 Å². The summed E-state index contributed by atoms with van der Waals surface area (Å²) in [6.45, 7) is 6.24. The number of fused-ring (bicyclic) bond motifs is 1. The lowest BCUT2D eigenvalue weighted by Crippen LogP contribution is -2.35. The molecule has 0 bridgehead atoms. The second-order valence-corrected chi connectivity index (χ2v) is 11.5. The van der Waals surface area contributed by atoms with Crippen molar-refractivity contribution in [3.8, 4) is 17.2 Å². The summed E-state index contributed by atoms with van der Waals surface area (Å²) in [5.74, 6) is 0.877. The van der Waals surface area contributed by atoms with E-state index in [4.69, 9.17) is 18.9 Å². The minimum Gasteiger partial charge on any atom is -0.497 e. The molecule has 0 aliphatic carbocycles. The van der Waals surface area contributed by atoms with Crippen molar-refractivity contribution >= 4 is 16.0 Å². The van der Waals surface area contributed by atoms with E-state index < -0.39 is 10.0 Å². The molecule has 2 unspecified atom stereocenters. The third kappa shape index (κ3) is 6.37. The van der Waals surface area contributed by atoms with Crippen LogP contribution < -0.4 is 14.2 Å². The van der Waals surface area contributed by atoms with Crippen LogP contribution in [0.25, 0.3) is 0 Å². The Morgan fingerprint density at radius 3 is 2.38 bits per heavy atom. The van der Waals surface area contributed by atoms with Gasteiger partial charge in [-0.2, -0.15) is 4.31 Å². The molecule has 9 heteroatoms. The molecule has 4 rings (SSSR count). The molecule has 0 amide bonds. The average molecular weight is 554 g/mol. The van der Waals surface area contributed by atoms with Gasteiger partial charge in [0, 0.05) is 18.5 Å². The number of hydrogen-bond donors (Lipinski definition) is 0. The van der Waals surface area contributed by atoms with Crippen LogP contribution in [0.4, 0.5) is 0 Å². The number of aryl methyl sites for hydroxylation is 1. The van der Waals surface area contributed by atoms with Crippen molar-refractivity contribution in [1.29, 1.82) is 0 Å². The summed E-state index contributed by atoms with van der Waals surface area (Å²) in [6, 6.07) is 18.1. The van der Waals surface area contributed by atoms with E-state index in [0.717, 1.165) is 22.3 Å². The SMILES string of the molecule is CCOC(=O)CC(c1cc(OC)cc(OC)c1)c1ccc(C)c(CN2CC(C)Oc3ccccc3S2(=O)=O)c1. The van der Waals surface area contributed by atoms with E-state index in [-0.39, 0.29) is 49.0 Å². The first-order valence-electron chi connectivity index (χ1n) is 12.9. The van der Waals surface area contributed by atoms with Gasteiger partial charge in [-0.15, -0.1) is 0 Å². The monoisotopic (exact) mass is 553 g/mol. The van der Waals surface area contributed by atoms with Gasteiger partial charge in [-0.3, -0.25) is 4.79 Å². The van der Waals surface area contributed by atoms with E-state index in [1.165, 1.54) is 4.31 Å². The number of hydrogen-bond acceptors (Lipinski definition) is 7.